The van der Waals surface area contributed by atoms with Gasteiger partial charge in [0.1, 0.15) is 18.2 Å². The molecular formula is C12H10BrFN2O. The molecule has 88 valence electrons. The van der Waals surface area contributed by atoms with E-state index in [9.17, 15) is 4.39 Å². The Bertz CT molecular complexity index is 534. The van der Waals surface area contributed by atoms with Crippen molar-refractivity contribution in [2.45, 2.75) is 6.61 Å². The zero-order valence-corrected chi connectivity index (χ0v) is 10.4. The average Bonchev–Trinajstić information content (AvgIpc) is 2.31. The number of anilines is 1. The molecule has 0 bridgehead atoms. The Morgan fingerprint density at radius 3 is 2.82 bits per heavy atom. The second kappa shape index (κ2) is 5.14. The lowest BCUT2D eigenvalue weighted by molar-refractivity contribution is 0.304. The third kappa shape index (κ3) is 3.17. The molecule has 2 rings (SSSR count). The molecule has 0 atom stereocenters. The summed E-state index contributed by atoms with van der Waals surface area (Å²) >= 11 is 3.29. The fourth-order valence-corrected chi connectivity index (χ4v) is 1.64. The van der Waals surface area contributed by atoms with Crippen LogP contribution >= 0.6 is 15.9 Å². The van der Waals surface area contributed by atoms with E-state index in [4.69, 9.17) is 10.5 Å². The molecule has 0 aliphatic heterocycles. The van der Waals surface area contributed by atoms with Gasteiger partial charge in [-0.25, -0.2) is 4.39 Å². The monoisotopic (exact) mass is 296 g/mol. The molecule has 0 aliphatic carbocycles. The maximum Gasteiger partial charge on any atom is 0.146 e. The van der Waals surface area contributed by atoms with E-state index in [0.29, 0.717) is 5.75 Å². The first-order valence-corrected chi connectivity index (χ1v) is 5.72. The Labute approximate surface area is 107 Å². The van der Waals surface area contributed by atoms with Crippen LogP contribution in [0.15, 0.2) is 41.1 Å². The van der Waals surface area contributed by atoms with Gasteiger partial charge in [-0.15, -0.1) is 0 Å². The minimum Gasteiger partial charge on any atom is -0.487 e. The highest BCUT2D eigenvalue weighted by Gasteiger charge is 2.01. The van der Waals surface area contributed by atoms with E-state index in [1.165, 1.54) is 12.1 Å². The predicted molar refractivity (Wildman–Crippen MR) is 67.1 cm³/mol. The summed E-state index contributed by atoms with van der Waals surface area (Å²) in [5.41, 5.74) is 6.24. The number of nitrogens with two attached hydrogens (primary N) is 1. The van der Waals surface area contributed by atoms with Crippen LogP contribution in [0.1, 0.15) is 5.56 Å². The minimum absolute atomic E-state index is 0.137. The lowest BCUT2D eigenvalue weighted by Gasteiger charge is -2.06. The quantitative estimate of drug-likeness (QED) is 0.885. The molecule has 0 fully saturated rings. The normalized spacial score (nSPS) is 10.2. The highest BCUT2D eigenvalue weighted by atomic mass is 79.9. The van der Waals surface area contributed by atoms with Gasteiger partial charge in [-0.1, -0.05) is 6.07 Å². The molecule has 2 aromatic rings. The van der Waals surface area contributed by atoms with Gasteiger partial charge in [-0.3, -0.25) is 4.98 Å². The summed E-state index contributed by atoms with van der Waals surface area (Å²) in [5.74, 6) is 0.190. The maximum absolute atomic E-state index is 13.2. The maximum atomic E-state index is 13.2. The fourth-order valence-electron chi connectivity index (χ4n) is 1.30. The van der Waals surface area contributed by atoms with Gasteiger partial charge in [0.15, 0.2) is 0 Å². The van der Waals surface area contributed by atoms with Crippen molar-refractivity contribution in [2.75, 3.05) is 5.73 Å². The lowest BCUT2D eigenvalue weighted by atomic mass is 10.2. The first kappa shape index (κ1) is 11.9. The number of aromatic nitrogens is 1. The second-order valence-corrected chi connectivity index (χ2v) is 4.40. The average molecular weight is 297 g/mol. The van der Waals surface area contributed by atoms with Crippen molar-refractivity contribution < 1.29 is 9.13 Å². The molecule has 0 unspecified atom stereocenters. The lowest BCUT2D eigenvalue weighted by Crippen LogP contribution is -1.98. The summed E-state index contributed by atoms with van der Waals surface area (Å²) in [4.78, 5) is 3.96. The smallest absolute Gasteiger partial charge is 0.146 e. The van der Waals surface area contributed by atoms with Crippen LogP contribution in [-0.4, -0.2) is 4.98 Å². The van der Waals surface area contributed by atoms with E-state index >= 15 is 0 Å². The molecule has 3 nitrogen and oxygen atoms in total. The summed E-state index contributed by atoms with van der Waals surface area (Å²) in [6.45, 7) is 0.273. The summed E-state index contributed by atoms with van der Waals surface area (Å²) in [7, 11) is 0. The number of pyridine rings is 1. The van der Waals surface area contributed by atoms with E-state index < -0.39 is 5.82 Å². The van der Waals surface area contributed by atoms with Crippen LogP contribution in [0.4, 0.5) is 10.1 Å². The molecule has 0 aliphatic rings. The summed E-state index contributed by atoms with van der Waals surface area (Å²) in [6.07, 6.45) is 3.26. The van der Waals surface area contributed by atoms with Crippen molar-refractivity contribution in [3.8, 4) is 5.75 Å². The Kier molecular flexibility index (Phi) is 3.58. The van der Waals surface area contributed by atoms with Crippen molar-refractivity contribution in [2.24, 2.45) is 0 Å². The zero-order valence-electron chi connectivity index (χ0n) is 8.86. The number of benzene rings is 1. The van der Waals surface area contributed by atoms with Crippen LogP contribution in [0.25, 0.3) is 0 Å². The van der Waals surface area contributed by atoms with Gasteiger partial charge in [-0.2, -0.15) is 0 Å². The summed E-state index contributed by atoms with van der Waals surface area (Å²) < 4.78 is 19.5. The highest BCUT2D eigenvalue weighted by Crippen LogP contribution is 2.18. The molecule has 0 saturated carbocycles. The van der Waals surface area contributed by atoms with Crippen LogP contribution < -0.4 is 10.5 Å². The molecule has 2 N–H and O–H groups in total. The molecule has 0 radical (unpaired) electrons. The third-order valence-electron chi connectivity index (χ3n) is 2.15. The van der Waals surface area contributed by atoms with Gasteiger partial charge < -0.3 is 10.5 Å². The van der Waals surface area contributed by atoms with Gasteiger partial charge in [-0.05, 0) is 39.7 Å². The number of ether oxygens (including phenoxy) is 1. The third-order valence-corrected chi connectivity index (χ3v) is 2.58. The van der Waals surface area contributed by atoms with E-state index in [-0.39, 0.29) is 12.3 Å². The van der Waals surface area contributed by atoms with Crippen molar-refractivity contribution in [1.29, 1.82) is 0 Å². The number of nitrogen functional groups attached to an aromatic ring is 1. The van der Waals surface area contributed by atoms with E-state index in [1.54, 1.807) is 24.5 Å². The van der Waals surface area contributed by atoms with Crippen molar-refractivity contribution in [3.63, 3.8) is 0 Å². The second-order valence-electron chi connectivity index (χ2n) is 3.48. The van der Waals surface area contributed by atoms with E-state index in [0.717, 1.165) is 10.0 Å². The van der Waals surface area contributed by atoms with Crippen molar-refractivity contribution in [3.05, 3.63) is 52.5 Å². The molecule has 0 amide bonds. The van der Waals surface area contributed by atoms with E-state index in [1.807, 2.05) is 0 Å². The summed E-state index contributed by atoms with van der Waals surface area (Å²) in [5, 5.41) is 0. The fraction of sp³-hybridized carbons (Fsp3) is 0.0833. The first-order chi connectivity index (χ1) is 8.15. The Balaban J connectivity index is 2.05. The number of hydrogen-bond donors (Lipinski definition) is 1. The highest BCUT2D eigenvalue weighted by molar-refractivity contribution is 9.10. The van der Waals surface area contributed by atoms with Gasteiger partial charge in [0.05, 0.1) is 11.9 Å². The van der Waals surface area contributed by atoms with Crippen molar-refractivity contribution in [1.82, 2.24) is 4.98 Å². The molecule has 0 spiro atoms. The molecule has 1 aromatic carbocycles. The number of rotatable bonds is 3. The molecule has 17 heavy (non-hydrogen) atoms. The zero-order chi connectivity index (χ0) is 12.3. The van der Waals surface area contributed by atoms with Crippen LogP contribution in [0.5, 0.6) is 5.75 Å². The summed E-state index contributed by atoms with van der Waals surface area (Å²) in [6, 6.07) is 6.40. The Morgan fingerprint density at radius 1 is 1.29 bits per heavy atom. The molecule has 1 heterocycles. The largest absolute Gasteiger partial charge is 0.487 e. The number of nitrogens with zero attached hydrogens (tertiary/aromatic N) is 1. The van der Waals surface area contributed by atoms with Gasteiger partial charge in [0.2, 0.25) is 0 Å². The van der Waals surface area contributed by atoms with Crippen LogP contribution in [-0.2, 0) is 6.61 Å². The van der Waals surface area contributed by atoms with Gasteiger partial charge in [0, 0.05) is 10.7 Å². The molecule has 5 heteroatoms. The number of halogens is 2. The standard InChI is InChI=1S/C12H10BrFN2O/c13-9-4-10(6-16-5-9)17-7-8-1-2-12(15)11(14)3-8/h1-6H,7,15H2. The van der Waals surface area contributed by atoms with Crippen LogP contribution in [0.3, 0.4) is 0 Å². The Morgan fingerprint density at radius 2 is 2.12 bits per heavy atom. The van der Waals surface area contributed by atoms with Crippen LogP contribution in [0.2, 0.25) is 0 Å². The minimum atomic E-state index is -0.432. The topological polar surface area (TPSA) is 48.1 Å². The number of hydrogen-bond acceptors (Lipinski definition) is 3. The van der Waals surface area contributed by atoms with Crippen LogP contribution in [0, 0.1) is 5.82 Å². The Hall–Kier alpha value is -1.62. The first-order valence-electron chi connectivity index (χ1n) is 4.92. The molecule has 0 saturated heterocycles. The predicted octanol–water partition coefficient (Wildman–Crippen LogP) is 3.14. The van der Waals surface area contributed by atoms with Gasteiger partial charge in [0.25, 0.3) is 0 Å². The SMILES string of the molecule is Nc1ccc(COc2cncc(Br)c2)cc1F. The van der Waals surface area contributed by atoms with Gasteiger partial charge >= 0.3 is 0 Å². The van der Waals surface area contributed by atoms with E-state index in [2.05, 4.69) is 20.9 Å². The van der Waals surface area contributed by atoms with Crippen molar-refractivity contribution >= 4 is 21.6 Å². The molecular weight excluding hydrogens is 287 g/mol. The molecule has 1 aromatic heterocycles.